The van der Waals surface area contributed by atoms with Gasteiger partial charge in [-0.1, -0.05) is 0 Å². The molecule has 0 N–H and O–H groups in total. The largest absolute Gasteiger partial charge is 0.365 e. The molecule has 1 aromatic rings. The third-order valence-electron chi connectivity index (χ3n) is 2.39. The molecule has 0 saturated carbocycles. The molecule has 0 heterocycles. The van der Waals surface area contributed by atoms with Crippen LogP contribution in [0.15, 0.2) is 22.7 Å². The fourth-order valence-electron chi connectivity index (χ4n) is 1.27. The van der Waals surface area contributed by atoms with Crippen LogP contribution in [0.5, 0.6) is 0 Å². The van der Waals surface area contributed by atoms with Crippen molar-refractivity contribution in [2.45, 2.75) is 0 Å². The Morgan fingerprint density at radius 2 is 2.06 bits per heavy atom. The Morgan fingerprint density at radius 3 is 2.53 bits per heavy atom. The van der Waals surface area contributed by atoms with Crippen LogP contribution in [0.1, 0.15) is 5.56 Å². The summed E-state index contributed by atoms with van der Waals surface area (Å²) in [6.07, 6.45) is 0. The molecule has 1 aromatic carbocycles. The highest BCUT2D eigenvalue weighted by atomic mass is 79.9. The van der Waals surface area contributed by atoms with E-state index >= 15 is 0 Å². The van der Waals surface area contributed by atoms with Crippen molar-refractivity contribution in [1.82, 2.24) is 4.90 Å². The van der Waals surface area contributed by atoms with Crippen molar-refractivity contribution in [2.75, 3.05) is 32.6 Å². The van der Waals surface area contributed by atoms with Crippen molar-refractivity contribution >= 4 is 27.5 Å². The molecule has 0 aromatic heterocycles. The monoisotopic (exact) mass is 295 g/mol. The van der Waals surface area contributed by atoms with Gasteiger partial charge in [-0.2, -0.15) is 5.26 Å². The first-order valence-corrected chi connectivity index (χ1v) is 5.86. The van der Waals surface area contributed by atoms with Gasteiger partial charge in [0.2, 0.25) is 5.91 Å². The molecule has 90 valence electrons. The number of hydrogen-bond acceptors (Lipinski definition) is 3. The minimum atomic E-state index is 0.0352. The van der Waals surface area contributed by atoms with E-state index in [1.807, 2.05) is 24.1 Å². The van der Waals surface area contributed by atoms with Gasteiger partial charge in [0.25, 0.3) is 0 Å². The zero-order chi connectivity index (χ0) is 13.0. The van der Waals surface area contributed by atoms with Gasteiger partial charge in [0, 0.05) is 31.3 Å². The third kappa shape index (κ3) is 3.46. The zero-order valence-corrected chi connectivity index (χ0v) is 11.7. The minimum Gasteiger partial charge on any atom is -0.365 e. The Balaban J connectivity index is 2.84. The molecule has 0 aliphatic rings. The van der Waals surface area contributed by atoms with Gasteiger partial charge in [0.1, 0.15) is 6.07 Å². The highest BCUT2D eigenvalue weighted by molar-refractivity contribution is 9.10. The van der Waals surface area contributed by atoms with E-state index in [9.17, 15) is 4.79 Å². The van der Waals surface area contributed by atoms with E-state index in [-0.39, 0.29) is 5.91 Å². The number of carbonyl (C=O) groups excluding carboxylic acids is 1. The smallest absolute Gasteiger partial charge is 0.241 e. The third-order valence-corrected chi connectivity index (χ3v) is 3.04. The molecule has 4 nitrogen and oxygen atoms in total. The lowest BCUT2D eigenvalue weighted by Crippen LogP contribution is -2.34. The maximum absolute atomic E-state index is 11.6. The summed E-state index contributed by atoms with van der Waals surface area (Å²) in [5, 5.41) is 8.81. The summed E-state index contributed by atoms with van der Waals surface area (Å²) in [4.78, 5) is 14.9. The van der Waals surface area contributed by atoms with Crippen LogP contribution in [0.2, 0.25) is 0 Å². The minimum absolute atomic E-state index is 0.0352. The van der Waals surface area contributed by atoms with Crippen LogP contribution < -0.4 is 4.90 Å². The number of likely N-dealkylation sites (N-methyl/N-ethyl adjacent to an activating group) is 2. The van der Waals surface area contributed by atoms with Crippen molar-refractivity contribution in [2.24, 2.45) is 0 Å². The number of nitrogens with zero attached hydrogens (tertiary/aromatic N) is 3. The van der Waals surface area contributed by atoms with Gasteiger partial charge in [0.05, 0.1) is 12.1 Å². The summed E-state index contributed by atoms with van der Waals surface area (Å²) in [5.74, 6) is 0.0352. The van der Waals surface area contributed by atoms with Crippen LogP contribution in [0.25, 0.3) is 0 Å². The molecule has 0 fully saturated rings. The summed E-state index contributed by atoms with van der Waals surface area (Å²) >= 11 is 3.33. The number of nitriles is 1. The first-order chi connectivity index (χ1) is 7.95. The van der Waals surface area contributed by atoms with Crippen molar-refractivity contribution < 1.29 is 4.79 Å². The molecule has 0 unspecified atom stereocenters. The second-order valence-electron chi connectivity index (χ2n) is 3.92. The summed E-state index contributed by atoms with van der Waals surface area (Å²) in [5.41, 5.74) is 1.48. The van der Waals surface area contributed by atoms with Crippen molar-refractivity contribution in [3.8, 4) is 6.07 Å². The Bertz CT molecular complexity index is 465. The second kappa shape index (κ2) is 5.69. The molecule has 0 radical (unpaired) electrons. The molecule has 17 heavy (non-hydrogen) atoms. The molecule has 5 heteroatoms. The molecular weight excluding hydrogens is 282 g/mol. The van der Waals surface area contributed by atoms with Gasteiger partial charge in [-0.05, 0) is 34.1 Å². The average molecular weight is 296 g/mol. The molecule has 0 aliphatic carbocycles. The summed E-state index contributed by atoms with van der Waals surface area (Å²) < 4.78 is 0.738. The van der Waals surface area contributed by atoms with Crippen LogP contribution in [-0.4, -0.2) is 38.5 Å². The Hall–Kier alpha value is -1.54. The normalized spacial score (nSPS) is 9.59. The summed E-state index contributed by atoms with van der Waals surface area (Å²) in [7, 11) is 5.30. The molecule has 0 saturated heterocycles. The Kier molecular flexibility index (Phi) is 4.53. The first-order valence-electron chi connectivity index (χ1n) is 5.06. The van der Waals surface area contributed by atoms with Gasteiger partial charge < -0.3 is 9.80 Å². The lowest BCUT2D eigenvalue weighted by Gasteiger charge is -2.21. The van der Waals surface area contributed by atoms with E-state index in [0.717, 1.165) is 10.2 Å². The van der Waals surface area contributed by atoms with Gasteiger partial charge in [-0.3, -0.25) is 4.79 Å². The topological polar surface area (TPSA) is 47.3 Å². The summed E-state index contributed by atoms with van der Waals surface area (Å²) in [6, 6.07) is 7.47. The van der Waals surface area contributed by atoms with Crippen LogP contribution in [-0.2, 0) is 4.79 Å². The molecule has 0 atom stereocenters. The van der Waals surface area contributed by atoms with Gasteiger partial charge >= 0.3 is 0 Å². The van der Waals surface area contributed by atoms with E-state index < -0.39 is 0 Å². The first kappa shape index (κ1) is 13.5. The van der Waals surface area contributed by atoms with Crippen molar-refractivity contribution in [3.05, 3.63) is 28.2 Å². The quantitative estimate of drug-likeness (QED) is 0.855. The highest BCUT2D eigenvalue weighted by Crippen LogP contribution is 2.22. The standard InChI is InChI=1S/C12H14BrN3O/c1-15(2)12(17)8-16(3)10-5-4-9(7-14)11(13)6-10/h4-6H,8H2,1-3H3. The summed E-state index contributed by atoms with van der Waals surface area (Å²) in [6.45, 7) is 0.311. The van der Waals surface area contributed by atoms with Crippen LogP contribution >= 0.6 is 15.9 Å². The van der Waals surface area contributed by atoms with E-state index in [1.54, 1.807) is 25.1 Å². The van der Waals surface area contributed by atoms with E-state index in [2.05, 4.69) is 22.0 Å². The average Bonchev–Trinajstić information content (AvgIpc) is 2.28. The van der Waals surface area contributed by atoms with E-state index in [1.165, 1.54) is 0 Å². The lowest BCUT2D eigenvalue weighted by atomic mass is 10.2. The van der Waals surface area contributed by atoms with Gasteiger partial charge in [-0.25, -0.2) is 0 Å². The molecular formula is C12H14BrN3O. The number of amides is 1. The van der Waals surface area contributed by atoms with Crippen LogP contribution in [0.4, 0.5) is 5.69 Å². The Morgan fingerprint density at radius 1 is 1.41 bits per heavy atom. The predicted molar refractivity (Wildman–Crippen MR) is 70.8 cm³/mol. The van der Waals surface area contributed by atoms with E-state index in [4.69, 9.17) is 5.26 Å². The fourth-order valence-corrected chi connectivity index (χ4v) is 1.72. The predicted octanol–water partition coefficient (Wildman–Crippen LogP) is 1.85. The van der Waals surface area contributed by atoms with Crippen molar-refractivity contribution in [3.63, 3.8) is 0 Å². The number of halogens is 1. The molecule has 0 bridgehead atoms. The second-order valence-corrected chi connectivity index (χ2v) is 4.77. The molecule has 0 aliphatic heterocycles. The molecule has 1 rings (SSSR count). The number of carbonyl (C=O) groups is 1. The number of hydrogen-bond donors (Lipinski definition) is 0. The zero-order valence-electron chi connectivity index (χ0n) is 10.1. The lowest BCUT2D eigenvalue weighted by molar-refractivity contribution is -0.127. The fraction of sp³-hybridized carbons (Fsp3) is 0.333. The molecule has 0 spiro atoms. The van der Waals surface area contributed by atoms with E-state index in [0.29, 0.717) is 12.1 Å². The van der Waals surface area contributed by atoms with Crippen molar-refractivity contribution in [1.29, 1.82) is 5.26 Å². The highest BCUT2D eigenvalue weighted by Gasteiger charge is 2.10. The Labute approximate surface area is 110 Å². The maximum Gasteiger partial charge on any atom is 0.241 e. The maximum atomic E-state index is 11.6. The SMILES string of the molecule is CN(C)C(=O)CN(C)c1ccc(C#N)c(Br)c1. The number of anilines is 1. The number of benzene rings is 1. The van der Waals surface area contributed by atoms with Gasteiger partial charge in [-0.15, -0.1) is 0 Å². The number of rotatable bonds is 3. The molecule has 1 amide bonds. The van der Waals surface area contributed by atoms with Crippen LogP contribution in [0.3, 0.4) is 0 Å². The van der Waals surface area contributed by atoms with Crippen LogP contribution in [0, 0.1) is 11.3 Å². The van der Waals surface area contributed by atoms with Gasteiger partial charge in [0.15, 0.2) is 0 Å².